The van der Waals surface area contributed by atoms with Crippen LogP contribution in [0.4, 0.5) is 10.1 Å². The first kappa shape index (κ1) is 8.10. The molecule has 3 heteroatoms. The quantitative estimate of drug-likeness (QED) is 0.608. The summed E-state index contributed by atoms with van der Waals surface area (Å²) in [5, 5.41) is 0. The third-order valence-corrected chi connectivity index (χ3v) is 2.08. The molecule has 0 atom stereocenters. The van der Waals surface area contributed by atoms with Gasteiger partial charge in [-0.2, -0.15) is 4.39 Å². The van der Waals surface area contributed by atoms with Crippen molar-refractivity contribution in [2.24, 2.45) is 0 Å². The number of anilines is 1. The highest BCUT2D eigenvalue weighted by Crippen LogP contribution is 2.21. The Bertz CT molecular complexity index is 321. The molecule has 0 aliphatic carbocycles. The van der Waals surface area contributed by atoms with Gasteiger partial charge in [0.2, 0.25) is 5.95 Å². The predicted octanol–water partition coefficient (Wildman–Crippen LogP) is 2.16. The summed E-state index contributed by atoms with van der Waals surface area (Å²) < 4.78 is 13.0. The van der Waals surface area contributed by atoms with Gasteiger partial charge in [0, 0.05) is 12.7 Å². The van der Waals surface area contributed by atoms with Gasteiger partial charge in [-0.3, -0.25) is 0 Å². The molecule has 0 aromatic heterocycles. The Balaban J connectivity index is 2.22. The van der Waals surface area contributed by atoms with Crippen LogP contribution in [-0.4, -0.2) is 18.6 Å². The van der Waals surface area contributed by atoms with E-state index in [9.17, 15) is 4.39 Å². The maximum atomic E-state index is 13.0. The molecule has 0 spiro atoms. The van der Waals surface area contributed by atoms with Crippen LogP contribution in [-0.2, 0) is 0 Å². The lowest BCUT2D eigenvalue weighted by Crippen LogP contribution is -2.22. The SMILES string of the molecule is CN1CN(c2ccccc2)C=C1F. The van der Waals surface area contributed by atoms with Crippen molar-refractivity contribution in [3.63, 3.8) is 0 Å². The summed E-state index contributed by atoms with van der Waals surface area (Å²) in [5.41, 5.74) is 1.02. The van der Waals surface area contributed by atoms with Gasteiger partial charge in [0.25, 0.3) is 0 Å². The summed E-state index contributed by atoms with van der Waals surface area (Å²) in [6, 6.07) is 9.76. The summed E-state index contributed by atoms with van der Waals surface area (Å²) in [5.74, 6) is -0.191. The maximum absolute atomic E-state index is 13.0. The van der Waals surface area contributed by atoms with E-state index in [1.165, 1.54) is 6.20 Å². The highest BCUT2D eigenvalue weighted by atomic mass is 19.1. The lowest BCUT2D eigenvalue weighted by atomic mass is 10.3. The van der Waals surface area contributed by atoms with E-state index < -0.39 is 0 Å². The minimum atomic E-state index is -0.191. The van der Waals surface area contributed by atoms with Crippen molar-refractivity contribution in [3.8, 4) is 0 Å². The van der Waals surface area contributed by atoms with Crippen LogP contribution in [0.2, 0.25) is 0 Å². The monoisotopic (exact) mass is 178 g/mol. The van der Waals surface area contributed by atoms with Gasteiger partial charge < -0.3 is 9.80 Å². The Kier molecular flexibility index (Phi) is 1.93. The molecular formula is C10H11FN2. The van der Waals surface area contributed by atoms with Crippen LogP contribution in [0, 0.1) is 0 Å². The third kappa shape index (κ3) is 1.49. The van der Waals surface area contributed by atoms with Crippen LogP contribution >= 0.6 is 0 Å². The zero-order chi connectivity index (χ0) is 9.26. The molecule has 1 aliphatic heterocycles. The summed E-state index contributed by atoms with van der Waals surface area (Å²) in [6.07, 6.45) is 1.51. The van der Waals surface area contributed by atoms with E-state index in [0.717, 1.165) is 5.69 Å². The maximum Gasteiger partial charge on any atom is 0.207 e. The van der Waals surface area contributed by atoms with Gasteiger partial charge >= 0.3 is 0 Å². The molecule has 1 aromatic carbocycles. The molecule has 1 heterocycles. The molecule has 1 aliphatic rings. The van der Waals surface area contributed by atoms with Crippen LogP contribution in [0.15, 0.2) is 42.5 Å². The number of halogens is 1. The van der Waals surface area contributed by atoms with E-state index in [-0.39, 0.29) is 5.95 Å². The first-order valence-corrected chi connectivity index (χ1v) is 4.17. The van der Waals surface area contributed by atoms with Crippen molar-refractivity contribution >= 4 is 5.69 Å². The third-order valence-electron chi connectivity index (χ3n) is 2.08. The Morgan fingerprint density at radius 3 is 2.46 bits per heavy atom. The number of para-hydroxylation sites is 1. The summed E-state index contributed by atoms with van der Waals surface area (Å²) in [7, 11) is 1.73. The average molecular weight is 178 g/mol. The van der Waals surface area contributed by atoms with E-state index in [4.69, 9.17) is 0 Å². The van der Waals surface area contributed by atoms with Crippen LogP contribution < -0.4 is 4.90 Å². The van der Waals surface area contributed by atoms with E-state index in [1.807, 2.05) is 35.2 Å². The largest absolute Gasteiger partial charge is 0.332 e. The molecule has 0 fully saturated rings. The Morgan fingerprint density at radius 2 is 1.92 bits per heavy atom. The van der Waals surface area contributed by atoms with E-state index in [1.54, 1.807) is 11.9 Å². The smallest absolute Gasteiger partial charge is 0.207 e. The fourth-order valence-electron chi connectivity index (χ4n) is 1.34. The first-order chi connectivity index (χ1) is 6.27. The summed E-state index contributed by atoms with van der Waals surface area (Å²) in [6.45, 7) is 0.579. The highest BCUT2D eigenvalue weighted by Gasteiger charge is 2.17. The predicted molar refractivity (Wildman–Crippen MR) is 50.7 cm³/mol. The second kappa shape index (κ2) is 3.09. The van der Waals surface area contributed by atoms with Crippen molar-refractivity contribution in [1.29, 1.82) is 0 Å². The molecule has 0 saturated carbocycles. The van der Waals surface area contributed by atoms with E-state index >= 15 is 0 Å². The number of nitrogens with zero attached hydrogens (tertiary/aromatic N) is 2. The number of benzene rings is 1. The zero-order valence-corrected chi connectivity index (χ0v) is 7.44. The lowest BCUT2D eigenvalue weighted by Gasteiger charge is -2.17. The summed E-state index contributed by atoms with van der Waals surface area (Å²) in [4.78, 5) is 3.43. The Hall–Kier alpha value is -1.51. The van der Waals surface area contributed by atoms with Crippen molar-refractivity contribution in [2.45, 2.75) is 0 Å². The van der Waals surface area contributed by atoms with E-state index in [0.29, 0.717) is 6.67 Å². The normalized spacial score (nSPS) is 16.3. The minimum absolute atomic E-state index is 0.191. The summed E-state index contributed by atoms with van der Waals surface area (Å²) >= 11 is 0. The second-order valence-corrected chi connectivity index (χ2v) is 3.10. The zero-order valence-electron chi connectivity index (χ0n) is 7.44. The molecule has 0 radical (unpaired) electrons. The van der Waals surface area contributed by atoms with Gasteiger partial charge in [0.15, 0.2) is 0 Å². The molecule has 0 amide bonds. The fourth-order valence-corrected chi connectivity index (χ4v) is 1.34. The number of rotatable bonds is 1. The molecule has 0 N–H and O–H groups in total. The van der Waals surface area contributed by atoms with Gasteiger partial charge in [0.05, 0.1) is 12.9 Å². The molecule has 13 heavy (non-hydrogen) atoms. The van der Waals surface area contributed by atoms with Crippen molar-refractivity contribution in [3.05, 3.63) is 42.5 Å². The lowest BCUT2D eigenvalue weighted by molar-refractivity contribution is 0.353. The molecule has 0 bridgehead atoms. The first-order valence-electron chi connectivity index (χ1n) is 4.17. The average Bonchev–Trinajstić information content (AvgIpc) is 2.49. The topological polar surface area (TPSA) is 6.48 Å². The van der Waals surface area contributed by atoms with Crippen molar-refractivity contribution < 1.29 is 4.39 Å². The fraction of sp³-hybridized carbons (Fsp3) is 0.200. The van der Waals surface area contributed by atoms with Gasteiger partial charge in [-0.15, -0.1) is 0 Å². The molecule has 2 nitrogen and oxygen atoms in total. The molecule has 68 valence electrons. The van der Waals surface area contributed by atoms with Gasteiger partial charge in [-0.1, -0.05) is 18.2 Å². The number of hydrogen-bond donors (Lipinski definition) is 0. The molecule has 1 aromatic rings. The Labute approximate surface area is 76.9 Å². The molecular weight excluding hydrogens is 167 g/mol. The second-order valence-electron chi connectivity index (χ2n) is 3.10. The van der Waals surface area contributed by atoms with Gasteiger partial charge in [-0.25, -0.2) is 0 Å². The Morgan fingerprint density at radius 1 is 1.23 bits per heavy atom. The minimum Gasteiger partial charge on any atom is -0.332 e. The van der Waals surface area contributed by atoms with E-state index in [2.05, 4.69) is 0 Å². The molecule has 0 unspecified atom stereocenters. The van der Waals surface area contributed by atoms with Gasteiger partial charge in [-0.05, 0) is 12.1 Å². The number of hydrogen-bond acceptors (Lipinski definition) is 2. The standard InChI is InChI=1S/C10H11FN2/c1-12-8-13(7-10(12)11)9-5-3-2-4-6-9/h2-7H,8H2,1H3. The van der Waals surface area contributed by atoms with Gasteiger partial charge in [0.1, 0.15) is 0 Å². The van der Waals surface area contributed by atoms with Crippen molar-refractivity contribution in [1.82, 2.24) is 4.90 Å². The van der Waals surface area contributed by atoms with Crippen LogP contribution in [0.5, 0.6) is 0 Å². The van der Waals surface area contributed by atoms with Crippen molar-refractivity contribution in [2.75, 3.05) is 18.6 Å². The van der Waals surface area contributed by atoms with Crippen LogP contribution in [0.1, 0.15) is 0 Å². The molecule has 2 rings (SSSR count). The van der Waals surface area contributed by atoms with Crippen LogP contribution in [0.25, 0.3) is 0 Å². The highest BCUT2D eigenvalue weighted by molar-refractivity contribution is 5.50. The van der Waals surface area contributed by atoms with Crippen LogP contribution in [0.3, 0.4) is 0 Å². The molecule has 0 saturated heterocycles.